The van der Waals surface area contributed by atoms with Crippen LogP contribution in [0, 0.1) is 0 Å². The van der Waals surface area contributed by atoms with Gasteiger partial charge in [-0.15, -0.1) is 0 Å². The highest BCUT2D eigenvalue weighted by Gasteiger charge is 2.24. The molecule has 0 heterocycles. The Labute approximate surface area is 84.0 Å². The van der Waals surface area contributed by atoms with E-state index in [4.69, 9.17) is 16.2 Å². The maximum Gasteiger partial charge on any atom is 0.124 e. The number of rotatable bonds is 4. The lowest BCUT2D eigenvalue weighted by molar-refractivity contribution is 0.300. The molecule has 1 fully saturated rings. The molecule has 0 amide bonds. The Morgan fingerprint density at radius 3 is 2.57 bits per heavy atom. The number of ether oxygens (including phenoxy) is 1. The molecule has 4 N–H and O–H groups in total. The molecule has 0 radical (unpaired) electrons. The first kappa shape index (κ1) is 9.49. The van der Waals surface area contributed by atoms with Crippen LogP contribution < -0.4 is 16.2 Å². The minimum atomic E-state index is 0.410. The van der Waals surface area contributed by atoms with Crippen molar-refractivity contribution >= 4 is 0 Å². The van der Waals surface area contributed by atoms with E-state index >= 15 is 0 Å². The van der Waals surface area contributed by atoms with Gasteiger partial charge < -0.3 is 16.2 Å². The van der Waals surface area contributed by atoms with Gasteiger partial charge in [-0.25, -0.2) is 0 Å². The van der Waals surface area contributed by atoms with Crippen LogP contribution in [0.1, 0.15) is 24.0 Å². The highest BCUT2D eigenvalue weighted by Crippen LogP contribution is 2.29. The van der Waals surface area contributed by atoms with Crippen LogP contribution in [0.25, 0.3) is 0 Å². The standard InChI is InChI=1S/C11H16N2O/c12-6-8-1-2-9(7-13)11(5-8)14-10-3-4-10/h1-2,5,10H,3-4,6-7,12-13H2. The molecule has 1 aromatic carbocycles. The van der Waals surface area contributed by atoms with Crippen LogP contribution in [0.5, 0.6) is 5.75 Å². The van der Waals surface area contributed by atoms with Gasteiger partial charge in [0.2, 0.25) is 0 Å². The van der Waals surface area contributed by atoms with Gasteiger partial charge in [0.1, 0.15) is 5.75 Å². The lowest BCUT2D eigenvalue weighted by Gasteiger charge is -2.10. The predicted octanol–water partition coefficient (Wildman–Crippen LogP) is 1.15. The van der Waals surface area contributed by atoms with Gasteiger partial charge in [-0.05, 0) is 24.5 Å². The van der Waals surface area contributed by atoms with Gasteiger partial charge in [0.05, 0.1) is 6.10 Å². The molecule has 0 spiro atoms. The van der Waals surface area contributed by atoms with Crippen molar-refractivity contribution in [2.24, 2.45) is 11.5 Å². The third-order valence-corrected chi connectivity index (χ3v) is 2.41. The molecule has 14 heavy (non-hydrogen) atoms. The lowest BCUT2D eigenvalue weighted by Crippen LogP contribution is -2.05. The molecule has 0 aromatic heterocycles. The van der Waals surface area contributed by atoms with Gasteiger partial charge in [0, 0.05) is 18.7 Å². The largest absolute Gasteiger partial charge is 0.490 e. The smallest absolute Gasteiger partial charge is 0.124 e. The second kappa shape index (κ2) is 3.98. The van der Waals surface area contributed by atoms with Gasteiger partial charge in [-0.1, -0.05) is 12.1 Å². The van der Waals surface area contributed by atoms with Gasteiger partial charge in [-0.2, -0.15) is 0 Å². The average Bonchev–Trinajstić information content (AvgIpc) is 3.01. The topological polar surface area (TPSA) is 61.3 Å². The van der Waals surface area contributed by atoms with E-state index in [0.717, 1.165) is 29.7 Å². The van der Waals surface area contributed by atoms with Crippen LogP contribution >= 0.6 is 0 Å². The Balaban J connectivity index is 2.21. The summed E-state index contributed by atoms with van der Waals surface area (Å²) in [5.74, 6) is 0.915. The quantitative estimate of drug-likeness (QED) is 0.752. The molecule has 2 rings (SSSR count). The summed E-state index contributed by atoms with van der Waals surface area (Å²) in [4.78, 5) is 0. The van der Waals surface area contributed by atoms with Gasteiger partial charge in [-0.3, -0.25) is 0 Å². The first-order valence-electron chi connectivity index (χ1n) is 5.02. The van der Waals surface area contributed by atoms with Crippen molar-refractivity contribution < 1.29 is 4.74 Å². The summed E-state index contributed by atoms with van der Waals surface area (Å²) in [7, 11) is 0. The Morgan fingerprint density at radius 2 is 2.00 bits per heavy atom. The maximum atomic E-state index is 5.75. The van der Waals surface area contributed by atoms with Crippen molar-refractivity contribution in [3.8, 4) is 5.75 Å². The fraction of sp³-hybridized carbons (Fsp3) is 0.455. The highest BCUT2D eigenvalue weighted by atomic mass is 16.5. The van der Waals surface area contributed by atoms with Crippen molar-refractivity contribution in [2.75, 3.05) is 0 Å². The van der Waals surface area contributed by atoms with Crippen molar-refractivity contribution in [1.29, 1.82) is 0 Å². The van der Waals surface area contributed by atoms with E-state index < -0.39 is 0 Å². The molecule has 3 nitrogen and oxygen atoms in total. The Morgan fingerprint density at radius 1 is 1.21 bits per heavy atom. The first-order valence-corrected chi connectivity index (χ1v) is 5.02. The zero-order chi connectivity index (χ0) is 9.97. The molecule has 3 heteroatoms. The minimum Gasteiger partial charge on any atom is -0.490 e. The van der Waals surface area contributed by atoms with E-state index in [2.05, 4.69) is 0 Å². The summed E-state index contributed by atoms with van der Waals surface area (Å²) < 4.78 is 5.75. The third-order valence-electron chi connectivity index (χ3n) is 2.41. The van der Waals surface area contributed by atoms with Crippen LogP contribution in [0.15, 0.2) is 18.2 Å². The van der Waals surface area contributed by atoms with E-state index in [9.17, 15) is 0 Å². The van der Waals surface area contributed by atoms with Crippen LogP contribution in [-0.2, 0) is 13.1 Å². The molecule has 0 aliphatic heterocycles. The van der Waals surface area contributed by atoms with Crippen molar-refractivity contribution in [3.05, 3.63) is 29.3 Å². The lowest BCUT2D eigenvalue weighted by atomic mass is 10.1. The van der Waals surface area contributed by atoms with Crippen molar-refractivity contribution in [2.45, 2.75) is 32.0 Å². The zero-order valence-electron chi connectivity index (χ0n) is 8.20. The molecule has 0 atom stereocenters. The zero-order valence-corrected chi connectivity index (χ0v) is 8.20. The van der Waals surface area contributed by atoms with Gasteiger partial charge >= 0.3 is 0 Å². The monoisotopic (exact) mass is 192 g/mol. The summed E-state index contributed by atoms with van der Waals surface area (Å²) in [5.41, 5.74) is 13.4. The van der Waals surface area contributed by atoms with E-state index in [1.54, 1.807) is 0 Å². The summed E-state index contributed by atoms with van der Waals surface area (Å²) >= 11 is 0. The van der Waals surface area contributed by atoms with E-state index in [1.807, 2.05) is 18.2 Å². The number of benzene rings is 1. The predicted molar refractivity (Wildman–Crippen MR) is 55.9 cm³/mol. The maximum absolute atomic E-state index is 5.75. The van der Waals surface area contributed by atoms with Crippen LogP contribution in [0.4, 0.5) is 0 Å². The normalized spacial score (nSPS) is 15.6. The summed E-state index contributed by atoms with van der Waals surface area (Å²) in [6.45, 7) is 1.07. The Kier molecular flexibility index (Phi) is 2.70. The van der Waals surface area contributed by atoms with E-state index in [0.29, 0.717) is 19.2 Å². The van der Waals surface area contributed by atoms with Crippen molar-refractivity contribution in [3.63, 3.8) is 0 Å². The minimum absolute atomic E-state index is 0.410. The molecule has 1 aliphatic carbocycles. The molecule has 1 saturated carbocycles. The highest BCUT2D eigenvalue weighted by molar-refractivity contribution is 5.37. The molecule has 1 aliphatic rings. The summed E-state index contributed by atoms with van der Waals surface area (Å²) in [6, 6.07) is 6.00. The third kappa shape index (κ3) is 2.05. The van der Waals surface area contributed by atoms with E-state index in [-0.39, 0.29) is 0 Å². The van der Waals surface area contributed by atoms with Crippen molar-refractivity contribution in [1.82, 2.24) is 0 Å². The number of hydrogen-bond acceptors (Lipinski definition) is 3. The van der Waals surface area contributed by atoms with Crippen LogP contribution in [0.3, 0.4) is 0 Å². The average molecular weight is 192 g/mol. The van der Waals surface area contributed by atoms with Crippen LogP contribution in [-0.4, -0.2) is 6.10 Å². The SMILES string of the molecule is NCc1ccc(CN)c(OC2CC2)c1. The van der Waals surface area contributed by atoms with Crippen LogP contribution in [0.2, 0.25) is 0 Å². The molecular formula is C11H16N2O. The fourth-order valence-electron chi connectivity index (χ4n) is 1.37. The first-order chi connectivity index (χ1) is 6.83. The van der Waals surface area contributed by atoms with Gasteiger partial charge in [0.25, 0.3) is 0 Å². The second-order valence-electron chi connectivity index (χ2n) is 3.67. The number of hydrogen-bond donors (Lipinski definition) is 2. The summed E-state index contributed by atoms with van der Waals surface area (Å²) in [5, 5.41) is 0. The molecule has 0 saturated heterocycles. The molecule has 0 unspecified atom stereocenters. The molecule has 1 aromatic rings. The Bertz CT molecular complexity index is 321. The summed E-state index contributed by atoms with van der Waals surface area (Å²) in [6.07, 6.45) is 2.74. The fourth-order valence-corrected chi connectivity index (χ4v) is 1.37. The van der Waals surface area contributed by atoms with E-state index in [1.165, 1.54) is 0 Å². The molecule has 0 bridgehead atoms. The Hall–Kier alpha value is -1.06. The second-order valence-corrected chi connectivity index (χ2v) is 3.67. The van der Waals surface area contributed by atoms with Gasteiger partial charge in [0.15, 0.2) is 0 Å². The number of nitrogens with two attached hydrogens (primary N) is 2. The molecular weight excluding hydrogens is 176 g/mol. The molecule has 76 valence electrons.